The highest BCUT2D eigenvalue weighted by molar-refractivity contribution is 5.69. The SMILES string of the molecule is CCCN(CC)CC1CCC(CC(=O)OCC)CC1. The molecule has 1 rings (SSSR count). The largest absolute Gasteiger partial charge is 0.466 e. The van der Waals surface area contributed by atoms with Crippen LogP contribution in [-0.2, 0) is 9.53 Å². The first-order valence-electron chi connectivity index (χ1n) is 8.07. The van der Waals surface area contributed by atoms with E-state index in [1.807, 2.05) is 6.92 Å². The summed E-state index contributed by atoms with van der Waals surface area (Å²) in [6.45, 7) is 10.5. The van der Waals surface area contributed by atoms with Gasteiger partial charge in [-0.05, 0) is 64.0 Å². The quantitative estimate of drug-likeness (QED) is 0.632. The molecule has 0 aromatic heterocycles. The molecule has 0 spiro atoms. The van der Waals surface area contributed by atoms with E-state index in [2.05, 4.69) is 18.7 Å². The van der Waals surface area contributed by atoms with Crippen molar-refractivity contribution in [3.05, 3.63) is 0 Å². The van der Waals surface area contributed by atoms with Crippen molar-refractivity contribution >= 4 is 5.97 Å². The van der Waals surface area contributed by atoms with E-state index >= 15 is 0 Å². The van der Waals surface area contributed by atoms with Crippen molar-refractivity contribution in [1.82, 2.24) is 4.90 Å². The van der Waals surface area contributed by atoms with E-state index in [9.17, 15) is 4.79 Å². The molecule has 1 aliphatic carbocycles. The minimum Gasteiger partial charge on any atom is -0.466 e. The van der Waals surface area contributed by atoms with Crippen LogP contribution in [0.25, 0.3) is 0 Å². The third-order valence-corrected chi connectivity index (χ3v) is 4.23. The molecular weight excluding hydrogens is 238 g/mol. The number of carbonyl (C=O) groups is 1. The lowest BCUT2D eigenvalue weighted by molar-refractivity contribution is -0.144. The Kier molecular flexibility index (Phi) is 8.11. The number of carbonyl (C=O) groups excluding carboxylic acids is 1. The first-order valence-corrected chi connectivity index (χ1v) is 8.07. The van der Waals surface area contributed by atoms with Crippen LogP contribution in [0.1, 0.15) is 59.3 Å². The Morgan fingerprint density at radius 3 is 2.26 bits per heavy atom. The highest BCUT2D eigenvalue weighted by atomic mass is 16.5. The summed E-state index contributed by atoms with van der Waals surface area (Å²) in [7, 11) is 0. The van der Waals surface area contributed by atoms with Crippen molar-refractivity contribution < 1.29 is 9.53 Å². The molecule has 3 nitrogen and oxygen atoms in total. The molecular formula is C16H31NO2. The number of esters is 1. The van der Waals surface area contributed by atoms with Crippen LogP contribution in [0, 0.1) is 11.8 Å². The molecule has 0 aromatic rings. The fourth-order valence-electron chi connectivity index (χ4n) is 3.13. The second kappa shape index (κ2) is 9.35. The third-order valence-electron chi connectivity index (χ3n) is 4.23. The van der Waals surface area contributed by atoms with Crippen molar-refractivity contribution in [3.63, 3.8) is 0 Å². The Bertz CT molecular complexity index is 247. The van der Waals surface area contributed by atoms with Gasteiger partial charge >= 0.3 is 5.97 Å². The Morgan fingerprint density at radius 2 is 1.74 bits per heavy atom. The Labute approximate surface area is 118 Å². The van der Waals surface area contributed by atoms with Gasteiger partial charge in [0, 0.05) is 13.0 Å². The van der Waals surface area contributed by atoms with Crippen LogP contribution in [0.2, 0.25) is 0 Å². The molecule has 0 aliphatic heterocycles. The zero-order valence-corrected chi connectivity index (χ0v) is 13.0. The van der Waals surface area contributed by atoms with E-state index in [1.54, 1.807) is 0 Å². The van der Waals surface area contributed by atoms with Crippen LogP contribution >= 0.6 is 0 Å². The molecule has 0 atom stereocenters. The van der Waals surface area contributed by atoms with Gasteiger partial charge < -0.3 is 9.64 Å². The number of hydrogen-bond acceptors (Lipinski definition) is 3. The van der Waals surface area contributed by atoms with Gasteiger partial charge in [-0.15, -0.1) is 0 Å². The molecule has 1 aliphatic rings. The predicted molar refractivity (Wildman–Crippen MR) is 79.1 cm³/mol. The van der Waals surface area contributed by atoms with Crippen LogP contribution in [0.4, 0.5) is 0 Å². The molecule has 0 saturated heterocycles. The van der Waals surface area contributed by atoms with Gasteiger partial charge in [0.2, 0.25) is 0 Å². The normalized spacial score (nSPS) is 23.6. The molecule has 1 saturated carbocycles. The minimum atomic E-state index is -0.00730. The van der Waals surface area contributed by atoms with Crippen molar-refractivity contribution in [2.24, 2.45) is 11.8 Å². The summed E-state index contributed by atoms with van der Waals surface area (Å²) in [6, 6.07) is 0. The number of ether oxygens (including phenoxy) is 1. The number of hydrogen-bond donors (Lipinski definition) is 0. The maximum absolute atomic E-state index is 11.5. The van der Waals surface area contributed by atoms with Gasteiger partial charge in [0.05, 0.1) is 6.61 Å². The smallest absolute Gasteiger partial charge is 0.306 e. The van der Waals surface area contributed by atoms with Crippen LogP contribution in [-0.4, -0.2) is 37.1 Å². The zero-order valence-electron chi connectivity index (χ0n) is 13.0. The van der Waals surface area contributed by atoms with Crippen LogP contribution in [0.15, 0.2) is 0 Å². The third kappa shape index (κ3) is 6.42. The van der Waals surface area contributed by atoms with Gasteiger partial charge in [0.25, 0.3) is 0 Å². The second-order valence-corrected chi connectivity index (χ2v) is 5.79. The highest BCUT2D eigenvalue weighted by Crippen LogP contribution is 2.31. The van der Waals surface area contributed by atoms with Gasteiger partial charge in [0.15, 0.2) is 0 Å². The molecule has 0 bridgehead atoms. The molecule has 1 fully saturated rings. The van der Waals surface area contributed by atoms with Crippen LogP contribution in [0.5, 0.6) is 0 Å². The average Bonchev–Trinajstić information content (AvgIpc) is 2.40. The van der Waals surface area contributed by atoms with Gasteiger partial charge in [-0.25, -0.2) is 0 Å². The fraction of sp³-hybridized carbons (Fsp3) is 0.938. The maximum Gasteiger partial charge on any atom is 0.306 e. The van der Waals surface area contributed by atoms with E-state index in [1.165, 1.54) is 45.2 Å². The Hall–Kier alpha value is -0.570. The lowest BCUT2D eigenvalue weighted by Gasteiger charge is -2.32. The monoisotopic (exact) mass is 269 g/mol. The highest BCUT2D eigenvalue weighted by Gasteiger charge is 2.24. The molecule has 112 valence electrons. The van der Waals surface area contributed by atoms with Crippen molar-refractivity contribution in [2.45, 2.75) is 59.3 Å². The summed E-state index contributed by atoms with van der Waals surface area (Å²) in [6.07, 6.45) is 6.84. The first-order chi connectivity index (χ1) is 9.19. The Balaban J connectivity index is 2.22. The maximum atomic E-state index is 11.5. The summed E-state index contributed by atoms with van der Waals surface area (Å²) in [5.41, 5.74) is 0. The summed E-state index contributed by atoms with van der Waals surface area (Å²) in [4.78, 5) is 14.0. The van der Waals surface area contributed by atoms with Crippen LogP contribution in [0.3, 0.4) is 0 Å². The molecule has 0 aromatic carbocycles. The van der Waals surface area contributed by atoms with Crippen LogP contribution < -0.4 is 0 Å². The lowest BCUT2D eigenvalue weighted by atomic mass is 9.80. The van der Waals surface area contributed by atoms with Gasteiger partial charge in [-0.3, -0.25) is 4.79 Å². The van der Waals surface area contributed by atoms with E-state index in [4.69, 9.17) is 4.74 Å². The molecule has 19 heavy (non-hydrogen) atoms. The summed E-state index contributed by atoms with van der Waals surface area (Å²) in [5.74, 6) is 1.40. The summed E-state index contributed by atoms with van der Waals surface area (Å²) in [5, 5.41) is 0. The molecule has 3 heteroatoms. The average molecular weight is 269 g/mol. The summed E-state index contributed by atoms with van der Waals surface area (Å²) < 4.78 is 5.04. The standard InChI is InChI=1S/C16H31NO2/c1-4-11-17(5-2)13-15-9-7-14(8-10-15)12-16(18)19-6-3/h14-15H,4-13H2,1-3H3. The lowest BCUT2D eigenvalue weighted by Crippen LogP contribution is -2.32. The Morgan fingerprint density at radius 1 is 1.11 bits per heavy atom. The molecule has 0 heterocycles. The minimum absolute atomic E-state index is 0.00730. The topological polar surface area (TPSA) is 29.5 Å². The van der Waals surface area contributed by atoms with Gasteiger partial charge in [-0.1, -0.05) is 13.8 Å². The predicted octanol–water partition coefficient (Wildman–Crippen LogP) is 3.48. The van der Waals surface area contributed by atoms with Crippen molar-refractivity contribution in [1.29, 1.82) is 0 Å². The molecule has 0 radical (unpaired) electrons. The van der Waals surface area contributed by atoms with E-state index in [-0.39, 0.29) is 5.97 Å². The first kappa shape index (κ1) is 16.5. The van der Waals surface area contributed by atoms with Crippen molar-refractivity contribution in [3.8, 4) is 0 Å². The number of nitrogens with zero attached hydrogens (tertiary/aromatic N) is 1. The summed E-state index contributed by atoms with van der Waals surface area (Å²) >= 11 is 0. The van der Waals surface area contributed by atoms with E-state index in [0.29, 0.717) is 18.9 Å². The molecule has 0 N–H and O–H groups in total. The van der Waals surface area contributed by atoms with Gasteiger partial charge in [0.1, 0.15) is 0 Å². The fourth-order valence-corrected chi connectivity index (χ4v) is 3.13. The number of rotatable bonds is 8. The zero-order chi connectivity index (χ0) is 14.1. The van der Waals surface area contributed by atoms with Gasteiger partial charge in [-0.2, -0.15) is 0 Å². The van der Waals surface area contributed by atoms with Crippen molar-refractivity contribution in [2.75, 3.05) is 26.2 Å². The van der Waals surface area contributed by atoms with E-state index < -0.39 is 0 Å². The second-order valence-electron chi connectivity index (χ2n) is 5.79. The molecule has 0 unspecified atom stereocenters. The molecule has 0 amide bonds. The van der Waals surface area contributed by atoms with E-state index in [0.717, 1.165) is 12.5 Å².